The summed E-state index contributed by atoms with van der Waals surface area (Å²) in [4.78, 5) is 0. The quantitative estimate of drug-likeness (QED) is 0.117. The Morgan fingerprint density at radius 3 is 1.07 bits per heavy atom. The topological polar surface area (TPSA) is 138 Å². The molecule has 4 atom stereocenters. The van der Waals surface area contributed by atoms with Crippen LogP contribution in [0.25, 0.3) is 0 Å². The zero-order valence-electron chi connectivity index (χ0n) is 30.7. The predicted molar refractivity (Wildman–Crippen MR) is 181 cm³/mol. The van der Waals surface area contributed by atoms with Gasteiger partial charge in [0.25, 0.3) is 11.6 Å². The first kappa shape index (κ1) is 42.5. The fraction of sp³-hybridized carbons (Fsp3) is 1.00. The van der Waals surface area contributed by atoms with E-state index in [1.165, 1.54) is 0 Å². The second-order valence-corrected chi connectivity index (χ2v) is 37.0. The number of rotatable bonds is 12. The number of hydrogen-bond acceptors (Lipinski definition) is 9. The molecule has 0 aromatic heterocycles. The third kappa shape index (κ3) is 8.45. The monoisotopic (exact) mass is 672 g/mol. The summed E-state index contributed by atoms with van der Waals surface area (Å²) in [6.07, 6.45) is -2.18. The van der Waals surface area contributed by atoms with Gasteiger partial charge in [-0.1, -0.05) is 83.1 Å². The fourth-order valence-corrected chi connectivity index (χ4v) is 8.20. The zero-order valence-corrected chi connectivity index (χ0v) is 34.7. The summed E-state index contributed by atoms with van der Waals surface area (Å²) < 4.78 is 25.7. The van der Waals surface area contributed by atoms with Crippen LogP contribution in [0.5, 0.6) is 0 Å². The number of aliphatic hydroxyl groups is 5. The lowest BCUT2D eigenvalue weighted by Crippen LogP contribution is -2.81. The van der Waals surface area contributed by atoms with Crippen molar-refractivity contribution in [2.75, 3.05) is 6.61 Å². The molecule has 0 amide bonds. The average Bonchev–Trinajstić information content (AvgIpc) is 2.68. The molecule has 0 heterocycles. The highest BCUT2D eigenvalue weighted by atomic mass is 28.4. The van der Waals surface area contributed by atoms with Gasteiger partial charge in [0.2, 0.25) is 12.1 Å². The van der Waals surface area contributed by atoms with E-state index in [4.69, 9.17) is 17.7 Å². The molecule has 0 aliphatic heterocycles. The van der Waals surface area contributed by atoms with Gasteiger partial charge in [0.1, 0.15) is 6.61 Å². The molecule has 0 rings (SSSR count). The molecule has 0 saturated carbocycles. The maximum Gasteiger partial charge on any atom is 0.273 e. The highest BCUT2D eigenvalue weighted by molar-refractivity contribution is 6.75. The minimum absolute atomic E-state index is 0.394. The Hall–Kier alpha value is 0.508. The molecule has 0 aliphatic rings. The van der Waals surface area contributed by atoms with Crippen LogP contribution >= 0.6 is 0 Å². The molecule has 5 N–H and O–H groups in total. The molecule has 9 nitrogen and oxygen atoms in total. The molecule has 0 aliphatic carbocycles. The van der Waals surface area contributed by atoms with E-state index in [2.05, 4.69) is 0 Å². The summed E-state index contributed by atoms with van der Waals surface area (Å²) >= 11 is 0. The van der Waals surface area contributed by atoms with Crippen LogP contribution in [0.4, 0.5) is 0 Å². The van der Waals surface area contributed by atoms with Crippen LogP contribution in [0.3, 0.4) is 0 Å². The molecule has 1 unspecified atom stereocenters. The van der Waals surface area contributed by atoms with Crippen LogP contribution < -0.4 is 0 Å². The van der Waals surface area contributed by atoms with Crippen LogP contribution in [0, 0.1) is 0 Å². The largest absolute Gasteiger partial charge is 0.391 e. The molecule has 0 radical (unpaired) electrons. The van der Waals surface area contributed by atoms with Gasteiger partial charge in [-0.3, -0.25) is 0 Å². The van der Waals surface area contributed by atoms with Crippen LogP contribution in [0.1, 0.15) is 83.1 Å². The molecule has 0 aromatic carbocycles. The molecule has 13 heteroatoms. The van der Waals surface area contributed by atoms with E-state index in [0.29, 0.717) is 0 Å². The summed E-state index contributed by atoms with van der Waals surface area (Å²) in [6.45, 7) is 37.0. The standard InChI is InChI=1S/C29H68O9Si4/c1-23(2,3)39(13,14)35-22(31)28(33,37-41(17,18)25(7,8)9)29(34,38-42(19,20)26(10,11)12)27(32,21-30)36-40(15,16)24(4,5)6/h22,30-34H,21H2,1-20H3/t22?,27-,28+,29-/m0/s1. The van der Waals surface area contributed by atoms with Gasteiger partial charge >= 0.3 is 0 Å². The molecule has 0 saturated heterocycles. The number of hydrogen-bond donors (Lipinski definition) is 5. The molecular weight excluding hydrogens is 605 g/mol. The van der Waals surface area contributed by atoms with E-state index in [1.807, 2.05) is 135 Å². The highest BCUT2D eigenvalue weighted by Gasteiger charge is 2.74. The van der Waals surface area contributed by atoms with E-state index in [-0.39, 0.29) is 0 Å². The van der Waals surface area contributed by atoms with Gasteiger partial charge in [-0.15, -0.1) is 0 Å². The van der Waals surface area contributed by atoms with Crippen molar-refractivity contribution in [3.8, 4) is 0 Å². The highest BCUT2D eigenvalue weighted by Crippen LogP contribution is 2.52. The smallest absolute Gasteiger partial charge is 0.273 e. The van der Waals surface area contributed by atoms with Crippen molar-refractivity contribution in [3.05, 3.63) is 0 Å². The first-order chi connectivity index (χ1) is 17.8. The second-order valence-electron chi connectivity index (χ2n) is 18.1. The summed E-state index contributed by atoms with van der Waals surface area (Å²) in [5.74, 6) is -9.19. The first-order valence-electron chi connectivity index (χ1n) is 15.1. The van der Waals surface area contributed by atoms with Gasteiger partial charge in [0.15, 0.2) is 33.3 Å². The SMILES string of the molecule is CC(C)(C)[Si](C)(C)OC(O)[C@@](O)(O[Si](C)(C)C(C)(C)C)[C@@](O)(O[Si](C)(C)C(C)(C)C)[C@](O)(CO)O[Si](C)(C)C(C)(C)C. The Labute approximate surface area is 261 Å². The number of aliphatic hydroxyl groups excluding tert-OH is 2. The van der Waals surface area contributed by atoms with Crippen molar-refractivity contribution in [2.45, 2.75) is 179 Å². The van der Waals surface area contributed by atoms with E-state index in [1.54, 1.807) is 0 Å². The van der Waals surface area contributed by atoms with Crippen molar-refractivity contribution in [1.29, 1.82) is 0 Å². The maximum absolute atomic E-state index is 12.9. The Kier molecular flexibility index (Phi) is 12.4. The minimum Gasteiger partial charge on any atom is -0.391 e. The molecule has 254 valence electrons. The van der Waals surface area contributed by atoms with E-state index in [0.717, 1.165) is 0 Å². The Balaban J connectivity index is 8.01. The van der Waals surface area contributed by atoms with Crippen LogP contribution in [0.2, 0.25) is 72.5 Å². The summed E-state index contributed by atoms with van der Waals surface area (Å²) in [5.41, 5.74) is 0. The van der Waals surface area contributed by atoms with Gasteiger partial charge < -0.3 is 43.2 Å². The Morgan fingerprint density at radius 1 is 0.500 bits per heavy atom. The molecule has 0 aromatic rings. The van der Waals surface area contributed by atoms with Crippen LogP contribution in [0.15, 0.2) is 0 Å². The van der Waals surface area contributed by atoms with Crippen molar-refractivity contribution >= 4 is 33.3 Å². The van der Waals surface area contributed by atoms with Gasteiger partial charge in [-0.25, -0.2) is 0 Å². The van der Waals surface area contributed by atoms with Crippen molar-refractivity contribution in [3.63, 3.8) is 0 Å². The lowest BCUT2D eigenvalue weighted by molar-refractivity contribution is -0.468. The van der Waals surface area contributed by atoms with E-state index in [9.17, 15) is 25.5 Å². The molecule has 42 heavy (non-hydrogen) atoms. The van der Waals surface area contributed by atoms with Gasteiger partial charge in [-0.05, 0) is 72.5 Å². The molecule has 0 fully saturated rings. The van der Waals surface area contributed by atoms with E-state index < -0.39 is 83.7 Å². The molecule has 0 spiro atoms. The molecule has 0 bridgehead atoms. The van der Waals surface area contributed by atoms with Crippen molar-refractivity contribution < 1.29 is 43.2 Å². The lowest BCUT2D eigenvalue weighted by atomic mass is 9.96. The minimum atomic E-state index is -3.19. The Bertz CT molecular complexity index is 914. The van der Waals surface area contributed by atoms with Crippen LogP contribution in [-0.2, 0) is 17.7 Å². The van der Waals surface area contributed by atoms with Gasteiger partial charge in [0, 0.05) is 0 Å². The normalized spacial score (nSPS) is 20.5. The predicted octanol–water partition coefficient (Wildman–Crippen LogP) is 6.45. The second kappa shape index (κ2) is 12.3. The van der Waals surface area contributed by atoms with Crippen molar-refractivity contribution in [1.82, 2.24) is 0 Å². The van der Waals surface area contributed by atoms with Gasteiger partial charge in [0.05, 0.1) is 0 Å². The zero-order chi connectivity index (χ0) is 34.6. The molecular formula is C29H68O9Si4. The van der Waals surface area contributed by atoms with Gasteiger partial charge in [-0.2, -0.15) is 0 Å². The third-order valence-corrected chi connectivity index (χ3v) is 28.2. The first-order valence-corrected chi connectivity index (χ1v) is 26.7. The fourth-order valence-electron chi connectivity index (χ4n) is 3.10. The lowest BCUT2D eigenvalue weighted by Gasteiger charge is -2.59. The summed E-state index contributed by atoms with van der Waals surface area (Å²) in [6, 6.07) is 0. The maximum atomic E-state index is 12.9. The van der Waals surface area contributed by atoms with E-state index >= 15 is 0 Å². The average molecular weight is 673 g/mol. The van der Waals surface area contributed by atoms with Crippen molar-refractivity contribution in [2.24, 2.45) is 0 Å². The Morgan fingerprint density at radius 2 is 0.786 bits per heavy atom. The summed E-state index contributed by atoms with van der Waals surface area (Å²) in [5, 5.41) is 58.9. The third-order valence-electron chi connectivity index (χ3n) is 10.4. The van der Waals surface area contributed by atoms with Crippen LogP contribution in [-0.4, -0.2) is 89.1 Å². The summed E-state index contributed by atoms with van der Waals surface area (Å²) in [7, 11) is -12.0.